The molecule has 1 amide bonds. The third-order valence-corrected chi connectivity index (χ3v) is 3.77. The Labute approximate surface area is 128 Å². The third-order valence-electron chi connectivity index (χ3n) is 3.77. The number of hydrogen-bond acceptors (Lipinski definition) is 6. The first-order chi connectivity index (χ1) is 10.6. The highest BCUT2D eigenvalue weighted by Gasteiger charge is 2.17. The number of amides is 1. The summed E-state index contributed by atoms with van der Waals surface area (Å²) in [5.41, 5.74) is 6.60. The van der Waals surface area contributed by atoms with E-state index in [1.807, 2.05) is 11.9 Å². The largest absolute Gasteiger partial charge is 0.423 e. The highest BCUT2D eigenvalue weighted by Crippen LogP contribution is 2.23. The van der Waals surface area contributed by atoms with Gasteiger partial charge in [-0.15, -0.1) is 0 Å². The van der Waals surface area contributed by atoms with E-state index in [0.29, 0.717) is 17.1 Å². The Morgan fingerprint density at radius 3 is 3.00 bits per heavy atom. The molecule has 0 aliphatic carbocycles. The lowest BCUT2D eigenvalue weighted by Gasteiger charge is -2.28. The number of fused-ring (bicyclic) bond motifs is 1. The first-order valence-electron chi connectivity index (χ1n) is 7.27. The van der Waals surface area contributed by atoms with Crippen molar-refractivity contribution < 1.29 is 13.9 Å². The minimum atomic E-state index is -0.554. The molecule has 1 radical (unpaired) electrons. The highest BCUT2D eigenvalue weighted by molar-refractivity contribution is 6.03. The zero-order chi connectivity index (χ0) is 15.5. The summed E-state index contributed by atoms with van der Waals surface area (Å²) in [5, 5.41) is 0. The van der Waals surface area contributed by atoms with Crippen molar-refractivity contribution >= 4 is 23.0 Å². The molecule has 0 spiro atoms. The predicted molar refractivity (Wildman–Crippen MR) is 81.9 cm³/mol. The second-order valence-electron chi connectivity index (χ2n) is 5.30. The van der Waals surface area contributed by atoms with Gasteiger partial charge in [0.15, 0.2) is 5.58 Å². The predicted octanol–water partition coefficient (Wildman–Crippen LogP) is 0.495. The topological polar surface area (TPSA) is 84.8 Å². The van der Waals surface area contributed by atoms with Crippen molar-refractivity contribution in [3.8, 4) is 0 Å². The number of anilines is 1. The normalized spacial score (nSPS) is 16.0. The summed E-state index contributed by atoms with van der Waals surface area (Å²) >= 11 is 0. The molecule has 7 heteroatoms. The lowest BCUT2D eigenvalue weighted by Crippen LogP contribution is -2.40. The molecule has 7 nitrogen and oxygen atoms in total. The number of nitrogens with two attached hydrogens (primary N) is 1. The molecule has 0 bridgehead atoms. The van der Waals surface area contributed by atoms with Crippen LogP contribution in [-0.4, -0.2) is 62.2 Å². The van der Waals surface area contributed by atoms with Crippen LogP contribution in [0.15, 0.2) is 16.5 Å². The first kappa shape index (κ1) is 14.8. The fourth-order valence-corrected chi connectivity index (χ4v) is 2.44. The monoisotopic (exact) mass is 303 g/mol. The van der Waals surface area contributed by atoms with Gasteiger partial charge in [-0.25, -0.2) is 0 Å². The number of oxazole rings is 1. The van der Waals surface area contributed by atoms with Crippen molar-refractivity contribution in [2.75, 3.05) is 51.3 Å². The molecule has 2 heterocycles. The van der Waals surface area contributed by atoms with Crippen molar-refractivity contribution in [1.82, 2.24) is 9.88 Å². The number of aromatic nitrogens is 1. The minimum absolute atomic E-state index is 0.258. The summed E-state index contributed by atoms with van der Waals surface area (Å²) in [5.74, 6) is -0.554. The maximum Gasteiger partial charge on any atom is 0.298 e. The van der Waals surface area contributed by atoms with Gasteiger partial charge in [0.1, 0.15) is 5.52 Å². The van der Waals surface area contributed by atoms with E-state index >= 15 is 0 Å². The number of benzene rings is 1. The number of rotatable bonds is 5. The molecule has 117 valence electrons. The Balaban J connectivity index is 1.72. The Bertz CT molecular complexity index is 664. The summed E-state index contributed by atoms with van der Waals surface area (Å²) in [4.78, 5) is 20.1. The van der Waals surface area contributed by atoms with Gasteiger partial charge in [-0.2, -0.15) is 4.98 Å². The third kappa shape index (κ3) is 3.05. The van der Waals surface area contributed by atoms with Crippen molar-refractivity contribution in [1.29, 1.82) is 0 Å². The Kier molecular flexibility index (Phi) is 4.26. The van der Waals surface area contributed by atoms with Crippen LogP contribution in [-0.2, 0) is 4.74 Å². The zero-order valence-corrected chi connectivity index (χ0v) is 12.5. The van der Waals surface area contributed by atoms with Crippen LogP contribution in [0.5, 0.6) is 0 Å². The number of nitrogens with zero attached hydrogens (tertiary/aromatic N) is 3. The van der Waals surface area contributed by atoms with Crippen LogP contribution in [0.1, 0.15) is 10.4 Å². The second-order valence-corrected chi connectivity index (χ2v) is 5.30. The smallest absolute Gasteiger partial charge is 0.298 e. The van der Waals surface area contributed by atoms with Crippen LogP contribution >= 0.6 is 0 Å². The number of likely N-dealkylation sites (N-methyl/N-ethyl adjacent to an activating group) is 1. The van der Waals surface area contributed by atoms with E-state index in [1.165, 1.54) is 0 Å². The average molecular weight is 303 g/mol. The molecule has 2 N–H and O–H groups in total. The fraction of sp³-hybridized carbons (Fsp3) is 0.467. The van der Waals surface area contributed by atoms with Crippen LogP contribution in [0, 0.1) is 6.07 Å². The molecule has 1 aliphatic rings. The molecule has 3 rings (SSSR count). The molecule has 1 saturated heterocycles. The van der Waals surface area contributed by atoms with Gasteiger partial charge in [-0.05, 0) is 18.2 Å². The van der Waals surface area contributed by atoms with Gasteiger partial charge >= 0.3 is 0 Å². The van der Waals surface area contributed by atoms with Crippen LogP contribution in [0.3, 0.4) is 0 Å². The summed E-state index contributed by atoms with van der Waals surface area (Å²) in [6, 6.07) is 6.63. The van der Waals surface area contributed by atoms with E-state index in [9.17, 15) is 4.79 Å². The number of carbonyl (C=O) groups is 1. The van der Waals surface area contributed by atoms with Crippen molar-refractivity contribution in [3.63, 3.8) is 0 Å². The van der Waals surface area contributed by atoms with Gasteiger partial charge in [-0.3, -0.25) is 9.69 Å². The molecule has 0 saturated carbocycles. The van der Waals surface area contributed by atoms with Crippen LogP contribution < -0.4 is 10.6 Å². The van der Waals surface area contributed by atoms with Gasteiger partial charge in [-0.1, -0.05) is 0 Å². The highest BCUT2D eigenvalue weighted by atomic mass is 16.5. The summed E-state index contributed by atoms with van der Waals surface area (Å²) < 4.78 is 11.0. The molecular weight excluding hydrogens is 284 g/mol. The van der Waals surface area contributed by atoms with Gasteiger partial charge in [0.05, 0.1) is 18.8 Å². The molecule has 2 aromatic rings. The van der Waals surface area contributed by atoms with E-state index in [1.54, 1.807) is 12.1 Å². The number of hydrogen-bond donors (Lipinski definition) is 1. The minimum Gasteiger partial charge on any atom is -0.423 e. The van der Waals surface area contributed by atoms with Gasteiger partial charge in [0.25, 0.3) is 11.9 Å². The standard InChI is InChI=1S/C15H19N4O3/c1-18(5-6-19-7-9-21-10-8-19)15-17-13-11(14(16)20)3-2-4-12(13)22-15/h2,4H,5-10H2,1H3,(H2,16,20). The van der Waals surface area contributed by atoms with Gasteiger partial charge < -0.3 is 19.8 Å². The van der Waals surface area contributed by atoms with E-state index in [4.69, 9.17) is 14.9 Å². The van der Waals surface area contributed by atoms with E-state index in [0.717, 1.165) is 39.4 Å². The molecule has 1 fully saturated rings. The first-order valence-corrected chi connectivity index (χ1v) is 7.27. The van der Waals surface area contributed by atoms with Crippen molar-refractivity contribution in [2.45, 2.75) is 0 Å². The van der Waals surface area contributed by atoms with Gasteiger partial charge in [0.2, 0.25) is 0 Å². The number of ether oxygens (including phenoxy) is 1. The SMILES string of the molecule is CN(CCN1CCOCC1)c1nc2c(C(N)=O)[c]ccc2o1. The molecule has 1 aromatic carbocycles. The number of carbonyl (C=O) groups excluding carboxylic acids is 1. The summed E-state index contributed by atoms with van der Waals surface area (Å²) in [7, 11) is 1.92. The Morgan fingerprint density at radius 2 is 2.27 bits per heavy atom. The lowest BCUT2D eigenvalue weighted by molar-refractivity contribution is 0.0392. The second kappa shape index (κ2) is 6.33. The molecule has 1 aliphatic heterocycles. The van der Waals surface area contributed by atoms with Crippen LogP contribution in [0.4, 0.5) is 6.01 Å². The Hall–Kier alpha value is -2.12. The molecule has 0 unspecified atom stereocenters. The van der Waals surface area contributed by atoms with Crippen LogP contribution in [0.2, 0.25) is 0 Å². The molecular formula is C15H19N4O3. The zero-order valence-electron chi connectivity index (χ0n) is 12.5. The summed E-state index contributed by atoms with van der Waals surface area (Å²) in [6.07, 6.45) is 0. The van der Waals surface area contributed by atoms with Crippen molar-refractivity contribution in [3.05, 3.63) is 23.8 Å². The molecule has 1 aromatic heterocycles. The van der Waals surface area contributed by atoms with Gasteiger partial charge in [0, 0.05) is 33.2 Å². The lowest BCUT2D eigenvalue weighted by atomic mass is 10.2. The number of morpholine rings is 1. The quantitative estimate of drug-likeness (QED) is 0.865. The molecule has 22 heavy (non-hydrogen) atoms. The Morgan fingerprint density at radius 1 is 1.50 bits per heavy atom. The molecule has 0 atom stereocenters. The fourth-order valence-electron chi connectivity index (χ4n) is 2.44. The summed E-state index contributed by atoms with van der Waals surface area (Å²) in [6.45, 7) is 5.15. The van der Waals surface area contributed by atoms with E-state index in [2.05, 4.69) is 16.0 Å². The average Bonchev–Trinajstić information content (AvgIpc) is 2.97. The number of primary amides is 1. The van der Waals surface area contributed by atoms with Crippen molar-refractivity contribution in [2.24, 2.45) is 5.73 Å². The maximum atomic E-state index is 11.4. The van der Waals surface area contributed by atoms with E-state index < -0.39 is 5.91 Å². The van der Waals surface area contributed by atoms with Crippen LogP contribution in [0.25, 0.3) is 11.1 Å². The van der Waals surface area contributed by atoms with E-state index in [-0.39, 0.29) is 5.56 Å². The maximum absolute atomic E-state index is 11.4.